The number of hydrogen-bond donors (Lipinski definition) is 1. The molecule has 0 spiro atoms. The maximum atomic E-state index is 4.60. The van der Waals surface area contributed by atoms with Gasteiger partial charge in [0.2, 0.25) is 0 Å². The van der Waals surface area contributed by atoms with E-state index in [0.29, 0.717) is 0 Å². The molecular weight excluding hydrogens is 224 g/mol. The van der Waals surface area contributed by atoms with E-state index in [1.54, 1.807) is 0 Å². The highest BCUT2D eigenvalue weighted by molar-refractivity contribution is 5.58. The number of aromatic nitrogens is 2. The summed E-state index contributed by atoms with van der Waals surface area (Å²) in [6.45, 7) is 5.15. The molecule has 1 N–H and O–H groups in total. The molecule has 0 amide bonds. The van der Waals surface area contributed by atoms with E-state index in [4.69, 9.17) is 0 Å². The lowest BCUT2D eigenvalue weighted by Crippen LogP contribution is -2.26. The first-order chi connectivity index (χ1) is 8.61. The maximum absolute atomic E-state index is 4.60. The van der Waals surface area contributed by atoms with Crippen LogP contribution in [0.3, 0.4) is 0 Å². The van der Waals surface area contributed by atoms with Crippen LogP contribution in [0.25, 0.3) is 0 Å². The molecule has 1 saturated carbocycles. The van der Waals surface area contributed by atoms with E-state index < -0.39 is 0 Å². The van der Waals surface area contributed by atoms with Crippen LogP contribution in [-0.4, -0.2) is 30.6 Å². The highest BCUT2D eigenvalue weighted by Crippen LogP contribution is 2.28. The molecule has 100 valence electrons. The van der Waals surface area contributed by atoms with Gasteiger partial charge in [-0.05, 0) is 32.6 Å². The Hall–Kier alpha value is -1.32. The summed E-state index contributed by atoms with van der Waals surface area (Å²) in [7, 11) is 4.06. The Balaban J connectivity index is 2.17. The Morgan fingerprint density at radius 2 is 1.89 bits per heavy atom. The minimum absolute atomic E-state index is 0.832. The lowest BCUT2D eigenvalue weighted by molar-refractivity contribution is 0.544. The van der Waals surface area contributed by atoms with Crippen molar-refractivity contribution in [1.29, 1.82) is 0 Å². The molecule has 18 heavy (non-hydrogen) atoms. The molecule has 1 aromatic rings. The van der Waals surface area contributed by atoms with E-state index in [-0.39, 0.29) is 0 Å². The van der Waals surface area contributed by atoms with Gasteiger partial charge in [0.05, 0.1) is 0 Å². The minimum atomic E-state index is 0.832. The summed E-state index contributed by atoms with van der Waals surface area (Å²) in [5.74, 6) is 3.68. The van der Waals surface area contributed by atoms with Crippen molar-refractivity contribution in [3.8, 4) is 0 Å². The number of nitrogens with zero attached hydrogens (tertiary/aromatic N) is 3. The molecule has 2 rings (SSSR count). The van der Waals surface area contributed by atoms with Crippen LogP contribution in [0, 0.1) is 19.8 Å². The molecule has 1 aliphatic rings. The molecule has 4 nitrogen and oxygen atoms in total. The first-order valence-electron chi connectivity index (χ1n) is 6.86. The van der Waals surface area contributed by atoms with Gasteiger partial charge in [0.1, 0.15) is 17.5 Å². The largest absolute Gasteiger partial charge is 0.373 e. The molecule has 1 aromatic heterocycles. The SMILES string of the molecule is CNc1nc(C)nc(N(C)CC2CCCC2)c1C. The lowest BCUT2D eigenvalue weighted by atomic mass is 10.1. The molecule has 0 atom stereocenters. The van der Waals surface area contributed by atoms with Crippen LogP contribution in [-0.2, 0) is 0 Å². The Morgan fingerprint density at radius 1 is 1.22 bits per heavy atom. The first-order valence-corrected chi connectivity index (χ1v) is 6.86. The van der Waals surface area contributed by atoms with Crippen LogP contribution in [0.2, 0.25) is 0 Å². The Morgan fingerprint density at radius 3 is 2.50 bits per heavy atom. The molecule has 0 bridgehead atoms. The second-order valence-corrected chi connectivity index (χ2v) is 5.35. The van der Waals surface area contributed by atoms with E-state index in [0.717, 1.165) is 35.5 Å². The van der Waals surface area contributed by atoms with Crippen molar-refractivity contribution in [2.45, 2.75) is 39.5 Å². The smallest absolute Gasteiger partial charge is 0.137 e. The van der Waals surface area contributed by atoms with Gasteiger partial charge in [-0.25, -0.2) is 9.97 Å². The van der Waals surface area contributed by atoms with E-state index in [2.05, 4.69) is 34.2 Å². The number of aryl methyl sites for hydroxylation is 1. The summed E-state index contributed by atoms with van der Waals surface area (Å²) in [6, 6.07) is 0. The Bertz CT molecular complexity index is 411. The van der Waals surface area contributed by atoms with E-state index in [9.17, 15) is 0 Å². The average molecular weight is 248 g/mol. The normalized spacial score (nSPS) is 16.0. The van der Waals surface area contributed by atoms with Crippen molar-refractivity contribution < 1.29 is 0 Å². The molecule has 1 aliphatic carbocycles. The summed E-state index contributed by atoms with van der Waals surface area (Å²) in [5.41, 5.74) is 1.14. The van der Waals surface area contributed by atoms with Crippen molar-refractivity contribution in [2.75, 3.05) is 30.9 Å². The van der Waals surface area contributed by atoms with Crippen molar-refractivity contribution in [3.05, 3.63) is 11.4 Å². The number of anilines is 2. The maximum Gasteiger partial charge on any atom is 0.137 e. The third-order valence-corrected chi connectivity index (χ3v) is 3.84. The molecule has 0 radical (unpaired) electrons. The molecule has 0 aliphatic heterocycles. The van der Waals surface area contributed by atoms with Gasteiger partial charge in [-0.15, -0.1) is 0 Å². The Labute approximate surface area is 110 Å². The molecule has 0 aromatic carbocycles. The zero-order valence-electron chi connectivity index (χ0n) is 12.0. The zero-order valence-corrected chi connectivity index (χ0v) is 12.0. The fraction of sp³-hybridized carbons (Fsp3) is 0.714. The van der Waals surface area contributed by atoms with Crippen LogP contribution in [0.1, 0.15) is 37.1 Å². The van der Waals surface area contributed by atoms with Crippen LogP contribution >= 0.6 is 0 Å². The van der Waals surface area contributed by atoms with E-state index in [1.807, 2.05) is 14.0 Å². The highest BCUT2D eigenvalue weighted by Gasteiger charge is 2.19. The third kappa shape index (κ3) is 2.74. The standard InChI is InChI=1S/C14H24N4/c1-10-13(15-3)16-11(2)17-14(10)18(4)9-12-7-5-6-8-12/h12H,5-9H2,1-4H3,(H,15,16,17). The van der Waals surface area contributed by atoms with Crippen LogP contribution in [0.15, 0.2) is 0 Å². The van der Waals surface area contributed by atoms with Crippen molar-refractivity contribution in [3.63, 3.8) is 0 Å². The molecule has 4 heteroatoms. The summed E-state index contributed by atoms with van der Waals surface area (Å²) in [4.78, 5) is 11.3. The van der Waals surface area contributed by atoms with Crippen LogP contribution in [0.5, 0.6) is 0 Å². The molecule has 0 unspecified atom stereocenters. The second-order valence-electron chi connectivity index (χ2n) is 5.35. The molecule has 0 saturated heterocycles. The Kier molecular flexibility index (Phi) is 4.04. The average Bonchev–Trinajstić information content (AvgIpc) is 2.84. The van der Waals surface area contributed by atoms with Gasteiger partial charge in [-0.3, -0.25) is 0 Å². The number of rotatable bonds is 4. The van der Waals surface area contributed by atoms with Gasteiger partial charge >= 0.3 is 0 Å². The number of hydrogen-bond acceptors (Lipinski definition) is 4. The predicted molar refractivity (Wildman–Crippen MR) is 76.3 cm³/mol. The quantitative estimate of drug-likeness (QED) is 0.889. The van der Waals surface area contributed by atoms with Gasteiger partial charge in [-0.1, -0.05) is 12.8 Å². The highest BCUT2D eigenvalue weighted by atomic mass is 15.2. The van der Waals surface area contributed by atoms with Crippen molar-refractivity contribution in [1.82, 2.24) is 9.97 Å². The van der Waals surface area contributed by atoms with Gasteiger partial charge in [0.25, 0.3) is 0 Å². The lowest BCUT2D eigenvalue weighted by Gasteiger charge is -2.24. The summed E-state index contributed by atoms with van der Waals surface area (Å²) >= 11 is 0. The summed E-state index contributed by atoms with van der Waals surface area (Å²) < 4.78 is 0. The van der Waals surface area contributed by atoms with E-state index in [1.165, 1.54) is 25.7 Å². The molecular formula is C14H24N4. The van der Waals surface area contributed by atoms with Crippen molar-refractivity contribution in [2.24, 2.45) is 5.92 Å². The van der Waals surface area contributed by atoms with Gasteiger partial charge in [0, 0.05) is 26.2 Å². The first kappa shape index (κ1) is 13.1. The monoisotopic (exact) mass is 248 g/mol. The molecule has 1 fully saturated rings. The minimum Gasteiger partial charge on any atom is -0.373 e. The number of nitrogens with one attached hydrogen (secondary N) is 1. The second kappa shape index (κ2) is 5.55. The van der Waals surface area contributed by atoms with Gasteiger partial charge in [-0.2, -0.15) is 0 Å². The molecule has 1 heterocycles. The fourth-order valence-corrected chi connectivity index (χ4v) is 2.90. The summed E-state index contributed by atoms with van der Waals surface area (Å²) in [6.07, 6.45) is 5.52. The predicted octanol–water partition coefficient (Wildman–Crippen LogP) is 2.76. The summed E-state index contributed by atoms with van der Waals surface area (Å²) in [5, 5.41) is 3.15. The van der Waals surface area contributed by atoms with Crippen molar-refractivity contribution >= 4 is 11.6 Å². The third-order valence-electron chi connectivity index (χ3n) is 3.84. The van der Waals surface area contributed by atoms with E-state index >= 15 is 0 Å². The topological polar surface area (TPSA) is 41.1 Å². The fourth-order valence-electron chi connectivity index (χ4n) is 2.90. The van der Waals surface area contributed by atoms with Crippen LogP contribution < -0.4 is 10.2 Å². The zero-order chi connectivity index (χ0) is 13.1. The van der Waals surface area contributed by atoms with Crippen LogP contribution in [0.4, 0.5) is 11.6 Å². The van der Waals surface area contributed by atoms with Gasteiger partial charge in [0.15, 0.2) is 0 Å². The van der Waals surface area contributed by atoms with Gasteiger partial charge < -0.3 is 10.2 Å².